The first kappa shape index (κ1) is 10.1. The van der Waals surface area contributed by atoms with Crippen LogP contribution in [-0.4, -0.2) is 32.6 Å². The number of carbonyl (C=O) groups is 1. The first-order chi connectivity index (χ1) is 7.22. The molecule has 5 heteroatoms. The van der Waals surface area contributed by atoms with E-state index in [0.717, 1.165) is 31.0 Å². The molecular weight excluding hydrogens is 192 g/mol. The molecule has 0 radical (unpaired) electrons. The van der Waals surface area contributed by atoms with Crippen LogP contribution in [0.4, 0.5) is 0 Å². The Kier molecular flexibility index (Phi) is 2.70. The number of rotatable bonds is 3. The normalized spacial score (nSPS) is 14.0. The second-order valence-corrected chi connectivity index (χ2v) is 3.89. The third kappa shape index (κ3) is 1.86. The number of hydrogen-bond acceptors (Lipinski definition) is 3. The van der Waals surface area contributed by atoms with E-state index < -0.39 is 0 Å². The van der Waals surface area contributed by atoms with E-state index in [-0.39, 0.29) is 5.91 Å². The third-order valence-electron chi connectivity index (χ3n) is 2.79. The van der Waals surface area contributed by atoms with E-state index in [1.165, 1.54) is 0 Å². The Hall–Kier alpha value is -1.39. The van der Waals surface area contributed by atoms with E-state index in [1.54, 1.807) is 4.90 Å². The topological polar surface area (TPSA) is 51.0 Å². The average molecular weight is 208 g/mol. The molecule has 0 fully saturated rings. The Morgan fingerprint density at radius 1 is 1.53 bits per heavy atom. The summed E-state index contributed by atoms with van der Waals surface area (Å²) < 4.78 is 2.12. The SMILES string of the molecule is CCC(=O)N(C)Cc1nnc2n1CCC2. The van der Waals surface area contributed by atoms with E-state index in [4.69, 9.17) is 0 Å². The Morgan fingerprint density at radius 2 is 2.33 bits per heavy atom. The van der Waals surface area contributed by atoms with Gasteiger partial charge >= 0.3 is 0 Å². The van der Waals surface area contributed by atoms with E-state index in [2.05, 4.69) is 14.8 Å². The number of hydrogen-bond donors (Lipinski definition) is 0. The predicted molar refractivity (Wildman–Crippen MR) is 55.1 cm³/mol. The van der Waals surface area contributed by atoms with Crippen LogP contribution in [0.2, 0.25) is 0 Å². The number of aryl methyl sites for hydroxylation is 1. The van der Waals surface area contributed by atoms with Crippen LogP contribution in [0, 0.1) is 0 Å². The molecule has 2 rings (SSSR count). The molecule has 82 valence electrons. The highest BCUT2D eigenvalue weighted by Gasteiger charge is 2.18. The molecular formula is C10H16N4O. The van der Waals surface area contributed by atoms with Crippen LogP contribution in [0.5, 0.6) is 0 Å². The van der Waals surface area contributed by atoms with Crippen LogP contribution in [0.15, 0.2) is 0 Å². The fourth-order valence-corrected chi connectivity index (χ4v) is 1.90. The van der Waals surface area contributed by atoms with E-state index in [0.29, 0.717) is 13.0 Å². The molecule has 15 heavy (non-hydrogen) atoms. The molecule has 1 aliphatic heterocycles. The summed E-state index contributed by atoms with van der Waals surface area (Å²) in [5, 5.41) is 8.22. The van der Waals surface area contributed by atoms with Gasteiger partial charge in [-0.3, -0.25) is 4.79 Å². The zero-order chi connectivity index (χ0) is 10.8. The Labute approximate surface area is 89.1 Å². The highest BCUT2D eigenvalue weighted by molar-refractivity contribution is 5.75. The summed E-state index contributed by atoms with van der Waals surface area (Å²) in [4.78, 5) is 13.1. The Morgan fingerprint density at radius 3 is 3.07 bits per heavy atom. The summed E-state index contributed by atoms with van der Waals surface area (Å²) in [6.07, 6.45) is 2.69. The fraction of sp³-hybridized carbons (Fsp3) is 0.700. The van der Waals surface area contributed by atoms with Gasteiger partial charge in [0, 0.05) is 26.4 Å². The number of carbonyl (C=O) groups excluding carboxylic acids is 1. The van der Waals surface area contributed by atoms with Crippen LogP contribution < -0.4 is 0 Å². The molecule has 2 heterocycles. The third-order valence-corrected chi connectivity index (χ3v) is 2.79. The van der Waals surface area contributed by atoms with Crippen molar-refractivity contribution in [3.63, 3.8) is 0 Å². The zero-order valence-electron chi connectivity index (χ0n) is 9.23. The van der Waals surface area contributed by atoms with Gasteiger partial charge in [-0.2, -0.15) is 0 Å². The van der Waals surface area contributed by atoms with Gasteiger partial charge in [0.15, 0.2) is 5.82 Å². The molecule has 0 saturated carbocycles. The molecule has 1 aliphatic rings. The minimum absolute atomic E-state index is 0.144. The van der Waals surface area contributed by atoms with Gasteiger partial charge in [-0.25, -0.2) is 0 Å². The van der Waals surface area contributed by atoms with Gasteiger partial charge in [-0.1, -0.05) is 6.92 Å². The summed E-state index contributed by atoms with van der Waals surface area (Å²) >= 11 is 0. The second-order valence-electron chi connectivity index (χ2n) is 3.89. The van der Waals surface area contributed by atoms with Crippen molar-refractivity contribution in [3.05, 3.63) is 11.6 Å². The van der Waals surface area contributed by atoms with Gasteiger partial charge in [-0.05, 0) is 6.42 Å². The van der Waals surface area contributed by atoms with Gasteiger partial charge in [0.25, 0.3) is 0 Å². The standard InChI is InChI=1S/C10H16N4O/c1-3-10(15)13(2)7-9-12-11-8-5-4-6-14(8)9/h3-7H2,1-2H3. The van der Waals surface area contributed by atoms with Crippen LogP contribution in [-0.2, 0) is 24.3 Å². The van der Waals surface area contributed by atoms with Crippen molar-refractivity contribution in [1.82, 2.24) is 19.7 Å². The molecule has 1 aromatic heterocycles. The maximum absolute atomic E-state index is 11.4. The highest BCUT2D eigenvalue weighted by Crippen LogP contribution is 2.14. The summed E-state index contributed by atoms with van der Waals surface area (Å²) in [6.45, 7) is 3.43. The predicted octanol–water partition coefficient (Wildman–Crippen LogP) is 0.593. The van der Waals surface area contributed by atoms with Gasteiger partial charge in [-0.15, -0.1) is 10.2 Å². The molecule has 0 aliphatic carbocycles. The van der Waals surface area contributed by atoms with Crippen LogP contribution in [0.25, 0.3) is 0 Å². The second kappa shape index (κ2) is 4.00. The molecule has 0 aromatic carbocycles. The smallest absolute Gasteiger partial charge is 0.222 e. The lowest BCUT2D eigenvalue weighted by atomic mass is 10.4. The van der Waals surface area contributed by atoms with E-state index in [9.17, 15) is 4.79 Å². The summed E-state index contributed by atoms with van der Waals surface area (Å²) in [5.41, 5.74) is 0. The number of nitrogens with zero attached hydrogens (tertiary/aromatic N) is 4. The lowest BCUT2D eigenvalue weighted by Gasteiger charge is -2.15. The maximum Gasteiger partial charge on any atom is 0.222 e. The molecule has 0 N–H and O–H groups in total. The average Bonchev–Trinajstić information content (AvgIpc) is 2.81. The van der Waals surface area contributed by atoms with Crippen molar-refractivity contribution in [2.24, 2.45) is 0 Å². The Bertz CT molecular complexity index is 371. The molecule has 0 saturated heterocycles. The van der Waals surface area contributed by atoms with Gasteiger partial charge in [0.1, 0.15) is 5.82 Å². The minimum Gasteiger partial charge on any atom is -0.338 e. The number of aromatic nitrogens is 3. The minimum atomic E-state index is 0.144. The summed E-state index contributed by atoms with van der Waals surface area (Å²) in [6, 6.07) is 0. The van der Waals surface area contributed by atoms with E-state index >= 15 is 0 Å². The molecule has 0 atom stereocenters. The van der Waals surface area contributed by atoms with Crippen molar-refractivity contribution >= 4 is 5.91 Å². The summed E-state index contributed by atoms with van der Waals surface area (Å²) in [5.74, 6) is 2.11. The first-order valence-electron chi connectivity index (χ1n) is 5.37. The van der Waals surface area contributed by atoms with Gasteiger partial charge < -0.3 is 9.47 Å². The monoisotopic (exact) mass is 208 g/mol. The molecule has 1 aromatic rings. The van der Waals surface area contributed by atoms with Crippen molar-refractivity contribution in [2.45, 2.75) is 39.3 Å². The molecule has 0 unspecified atom stereocenters. The van der Waals surface area contributed by atoms with Crippen molar-refractivity contribution < 1.29 is 4.79 Å². The molecule has 0 bridgehead atoms. The number of amides is 1. The quantitative estimate of drug-likeness (QED) is 0.730. The van der Waals surface area contributed by atoms with Crippen LogP contribution in [0.1, 0.15) is 31.4 Å². The fourth-order valence-electron chi connectivity index (χ4n) is 1.90. The van der Waals surface area contributed by atoms with Gasteiger partial charge in [0.05, 0.1) is 6.54 Å². The Balaban J connectivity index is 2.08. The van der Waals surface area contributed by atoms with E-state index in [1.807, 2.05) is 14.0 Å². The largest absolute Gasteiger partial charge is 0.338 e. The summed E-state index contributed by atoms with van der Waals surface area (Å²) in [7, 11) is 1.81. The van der Waals surface area contributed by atoms with Crippen LogP contribution >= 0.6 is 0 Å². The van der Waals surface area contributed by atoms with Crippen molar-refractivity contribution in [1.29, 1.82) is 0 Å². The highest BCUT2D eigenvalue weighted by atomic mass is 16.2. The zero-order valence-corrected chi connectivity index (χ0v) is 9.23. The molecule has 5 nitrogen and oxygen atoms in total. The molecule has 1 amide bonds. The molecule has 0 spiro atoms. The van der Waals surface area contributed by atoms with Crippen molar-refractivity contribution in [2.75, 3.05) is 7.05 Å². The lowest BCUT2D eigenvalue weighted by Crippen LogP contribution is -2.26. The lowest BCUT2D eigenvalue weighted by molar-refractivity contribution is -0.130. The maximum atomic E-state index is 11.4. The van der Waals surface area contributed by atoms with Crippen molar-refractivity contribution in [3.8, 4) is 0 Å². The number of fused-ring (bicyclic) bond motifs is 1. The van der Waals surface area contributed by atoms with Gasteiger partial charge in [0.2, 0.25) is 5.91 Å². The first-order valence-corrected chi connectivity index (χ1v) is 5.37. The van der Waals surface area contributed by atoms with Crippen LogP contribution in [0.3, 0.4) is 0 Å².